The molecule has 0 amide bonds. The maximum Gasteiger partial charge on any atom is 0.328 e. The van der Waals surface area contributed by atoms with Gasteiger partial charge in [-0.25, -0.2) is 4.79 Å². The molecule has 0 atom stereocenters. The molecule has 6 nitrogen and oxygen atoms in total. The second-order valence-electron chi connectivity index (χ2n) is 4.96. The van der Waals surface area contributed by atoms with Crippen LogP contribution < -0.4 is 11.2 Å². The molecule has 0 bridgehead atoms. The third-order valence-corrected chi connectivity index (χ3v) is 3.59. The molecule has 1 aliphatic rings. The first-order valence-electron chi connectivity index (χ1n) is 6.56. The van der Waals surface area contributed by atoms with Crippen molar-refractivity contribution in [2.45, 2.75) is 38.3 Å². The van der Waals surface area contributed by atoms with Crippen LogP contribution in [0.15, 0.2) is 34.1 Å². The molecular weight excluding hydrogens is 244 g/mol. The number of aromatic amines is 1. The zero-order valence-electron chi connectivity index (χ0n) is 10.6. The molecule has 2 heterocycles. The van der Waals surface area contributed by atoms with Gasteiger partial charge in [-0.2, -0.15) is 5.10 Å². The van der Waals surface area contributed by atoms with Crippen molar-refractivity contribution in [3.8, 4) is 0 Å². The highest BCUT2D eigenvalue weighted by Gasteiger charge is 2.17. The summed E-state index contributed by atoms with van der Waals surface area (Å²) in [6, 6.07) is 3.77. The van der Waals surface area contributed by atoms with Crippen molar-refractivity contribution in [1.82, 2.24) is 19.3 Å². The highest BCUT2D eigenvalue weighted by molar-refractivity contribution is 5.01. The predicted molar refractivity (Wildman–Crippen MR) is 70.2 cm³/mol. The summed E-state index contributed by atoms with van der Waals surface area (Å²) in [5, 5.41) is 4.52. The lowest BCUT2D eigenvalue weighted by Gasteiger charge is -2.09. The monoisotopic (exact) mass is 260 g/mol. The van der Waals surface area contributed by atoms with Gasteiger partial charge in [0.25, 0.3) is 5.56 Å². The molecule has 1 fully saturated rings. The molecule has 0 radical (unpaired) electrons. The summed E-state index contributed by atoms with van der Waals surface area (Å²) in [7, 11) is 0. The Labute approximate surface area is 109 Å². The molecule has 2 aromatic heterocycles. The molecule has 0 aromatic carbocycles. The van der Waals surface area contributed by atoms with Crippen molar-refractivity contribution < 1.29 is 0 Å². The van der Waals surface area contributed by atoms with E-state index < -0.39 is 5.69 Å². The van der Waals surface area contributed by atoms with Crippen molar-refractivity contribution in [3.05, 3.63) is 51.1 Å². The Hall–Kier alpha value is -2.11. The Kier molecular flexibility index (Phi) is 3.06. The molecule has 6 heteroatoms. The highest BCUT2D eigenvalue weighted by Crippen LogP contribution is 2.28. The number of nitrogens with one attached hydrogen (secondary N) is 1. The molecular formula is C13H16N4O2. The fourth-order valence-electron chi connectivity index (χ4n) is 2.58. The van der Waals surface area contributed by atoms with Crippen LogP contribution in [0.2, 0.25) is 0 Å². The van der Waals surface area contributed by atoms with E-state index in [1.807, 2.05) is 16.9 Å². The van der Waals surface area contributed by atoms with Gasteiger partial charge < -0.3 is 0 Å². The molecule has 1 aliphatic carbocycles. The van der Waals surface area contributed by atoms with Crippen molar-refractivity contribution in [2.24, 2.45) is 0 Å². The van der Waals surface area contributed by atoms with Gasteiger partial charge in [-0.1, -0.05) is 12.8 Å². The minimum Gasteiger partial charge on any atom is -0.295 e. The molecule has 0 spiro atoms. The zero-order chi connectivity index (χ0) is 13.2. The standard InChI is InChI=1S/C13H16N4O2/c18-12-6-7-16(13(19)14-12)9-10-5-8-17(15-10)11-3-1-2-4-11/h5-8,11H,1-4,9H2,(H,14,18,19). The summed E-state index contributed by atoms with van der Waals surface area (Å²) in [5.41, 5.74) is 0.0571. The lowest BCUT2D eigenvalue weighted by Crippen LogP contribution is -2.29. The van der Waals surface area contributed by atoms with Crippen molar-refractivity contribution in [2.75, 3.05) is 0 Å². The van der Waals surface area contributed by atoms with E-state index in [1.165, 1.54) is 42.5 Å². The summed E-state index contributed by atoms with van der Waals surface area (Å²) in [6.45, 7) is 0.384. The Morgan fingerprint density at radius 2 is 2.00 bits per heavy atom. The first kappa shape index (κ1) is 12.0. The van der Waals surface area contributed by atoms with Crippen molar-refractivity contribution in [3.63, 3.8) is 0 Å². The first-order valence-corrected chi connectivity index (χ1v) is 6.56. The lowest BCUT2D eigenvalue weighted by molar-refractivity contribution is 0.461. The summed E-state index contributed by atoms with van der Waals surface area (Å²) < 4.78 is 3.45. The topological polar surface area (TPSA) is 72.7 Å². The summed E-state index contributed by atoms with van der Waals surface area (Å²) >= 11 is 0. The van der Waals surface area contributed by atoms with E-state index in [4.69, 9.17) is 0 Å². The van der Waals surface area contributed by atoms with Crippen LogP contribution in [0.5, 0.6) is 0 Å². The molecule has 1 N–H and O–H groups in total. The molecule has 19 heavy (non-hydrogen) atoms. The fourth-order valence-corrected chi connectivity index (χ4v) is 2.58. The second-order valence-corrected chi connectivity index (χ2v) is 4.96. The van der Waals surface area contributed by atoms with E-state index >= 15 is 0 Å². The van der Waals surface area contributed by atoms with Gasteiger partial charge >= 0.3 is 5.69 Å². The molecule has 2 aromatic rings. The van der Waals surface area contributed by atoms with Crippen LogP contribution in [-0.2, 0) is 6.54 Å². The van der Waals surface area contributed by atoms with Gasteiger partial charge in [0, 0.05) is 18.5 Å². The van der Waals surface area contributed by atoms with E-state index in [2.05, 4.69) is 10.1 Å². The minimum absolute atomic E-state index is 0.377. The van der Waals surface area contributed by atoms with Gasteiger partial charge in [0.15, 0.2) is 0 Å². The van der Waals surface area contributed by atoms with Gasteiger partial charge in [-0.3, -0.25) is 19.0 Å². The van der Waals surface area contributed by atoms with Gasteiger partial charge in [0.05, 0.1) is 18.3 Å². The average Bonchev–Trinajstić information content (AvgIpc) is 3.03. The zero-order valence-corrected chi connectivity index (χ0v) is 10.6. The number of rotatable bonds is 3. The Bertz CT molecular complexity index is 676. The van der Waals surface area contributed by atoms with Crippen LogP contribution in [0.4, 0.5) is 0 Å². The lowest BCUT2D eigenvalue weighted by atomic mass is 10.3. The summed E-state index contributed by atoms with van der Waals surface area (Å²) in [4.78, 5) is 24.8. The molecule has 3 rings (SSSR count). The third-order valence-electron chi connectivity index (χ3n) is 3.59. The number of nitrogens with zero attached hydrogens (tertiary/aromatic N) is 3. The Morgan fingerprint density at radius 1 is 1.21 bits per heavy atom. The maximum atomic E-state index is 11.6. The molecule has 0 saturated heterocycles. The molecule has 0 unspecified atom stereocenters. The van der Waals surface area contributed by atoms with Crippen LogP contribution in [0.25, 0.3) is 0 Å². The van der Waals surface area contributed by atoms with E-state index in [0.29, 0.717) is 12.6 Å². The molecule has 100 valence electrons. The number of aromatic nitrogens is 4. The number of hydrogen-bond donors (Lipinski definition) is 1. The summed E-state index contributed by atoms with van der Waals surface area (Å²) in [5.74, 6) is 0. The van der Waals surface area contributed by atoms with Crippen molar-refractivity contribution >= 4 is 0 Å². The van der Waals surface area contributed by atoms with E-state index in [9.17, 15) is 9.59 Å². The quantitative estimate of drug-likeness (QED) is 0.891. The van der Waals surface area contributed by atoms with Crippen LogP contribution in [0.1, 0.15) is 37.4 Å². The number of H-pyrrole nitrogens is 1. The van der Waals surface area contributed by atoms with Crippen LogP contribution in [0, 0.1) is 0 Å². The average molecular weight is 260 g/mol. The minimum atomic E-state index is -0.400. The van der Waals surface area contributed by atoms with Gasteiger partial charge in [0.2, 0.25) is 0 Å². The highest BCUT2D eigenvalue weighted by atomic mass is 16.2. The third kappa shape index (κ3) is 2.52. The van der Waals surface area contributed by atoms with Crippen molar-refractivity contribution in [1.29, 1.82) is 0 Å². The van der Waals surface area contributed by atoms with E-state index in [-0.39, 0.29) is 5.56 Å². The van der Waals surface area contributed by atoms with Gasteiger partial charge in [-0.15, -0.1) is 0 Å². The fraction of sp³-hybridized carbons (Fsp3) is 0.462. The summed E-state index contributed by atoms with van der Waals surface area (Å²) in [6.07, 6.45) is 8.36. The molecule has 0 aliphatic heterocycles. The largest absolute Gasteiger partial charge is 0.328 e. The van der Waals surface area contributed by atoms with Gasteiger partial charge in [-0.05, 0) is 18.9 Å². The number of hydrogen-bond acceptors (Lipinski definition) is 3. The first-order chi connectivity index (χ1) is 9.22. The Morgan fingerprint density at radius 3 is 2.74 bits per heavy atom. The normalized spacial score (nSPS) is 16.0. The SMILES string of the molecule is O=c1ccn(Cc2ccn(C3CCCC3)n2)c(=O)[nH]1. The van der Waals surface area contributed by atoms with Crippen LogP contribution in [-0.4, -0.2) is 19.3 Å². The van der Waals surface area contributed by atoms with E-state index in [1.54, 1.807) is 0 Å². The predicted octanol–water partition coefficient (Wildman–Crippen LogP) is 0.897. The van der Waals surface area contributed by atoms with E-state index in [0.717, 1.165) is 5.69 Å². The Balaban J connectivity index is 1.79. The molecule has 1 saturated carbocycles. The van der Waals surface area contributed by atoms with Crippen LogP contribution >= 0.6 is 0 Å². The van der Waals surface area contributed by atoms with Gasteiger partial charge in [0.1, 0.15) is 0 Å². The van der Waals surface area contributed by atoms with Crippen LogP contribution in [0.3, 0.4) is 0 Å². The maximum absolute atomic E-state index is 11.6. The smallest absolute Gasteiger partial charge is 0.295 e. The second kappa shape index (κ2) is 4.87.